The fraction of sp³-hybridized carbons (Fsp3) is 0.529. The molecule has 0 unspecified atom stereocenters. The smallest absolute Gasteiger partial charge is 0.239 e. The molecular weight excluding hydrogens is 316 g/mol. The number of unbranched alkanes of at least 4 members (excludes halogenated alkanes) is 2. The number of amides is 2. The van der Waals surface area contributed by atoms with Gasteiger partial charge in [-0.1, -0.05) is 31.4 Å². The number of ether oxygens (including phenoxy) is 1. The summed E-state index contributed by atoms with van der Waals surface area (Å²) in [5.74, 6) is -0.143. The van der Waals surface area contributed by atoms with Gasteiger partial charge in [0.25, 0.3) is 0 Å². The zero-order chi connectivity index (χ0) is 17.5. The first-order valence-electron chi connectivity index (χ1n) is 7.76. The van der Waals surface area contributed by atoms with Gasteiger partial charge in [-0.15, -0.1) is 0 Å². The van der Waals surface area contributed by atoms with Crippen LogP contribution in [0.4, 0.5) is 5.69 Å². The van der Waals surface area contributed by atoms with Crippen LogP contribution in [0.2, 0.25) is 5.02 Å². The third-order valence-corrected chi connectivity index (χ3v) is 3.91. The number of carbonyl (C=O) groups is 2. The Balaban J connectivity index is 2.67. The number of methoxy groups -OCH3 is 1. The van der Waals surface area contributed by atoms with Gasteiger partial charge in [0.1, 0.15) is 11.2 Å². The summed E-state index contributed by atoms with van der Waals surface area (Å²) < 4.78 is 5.07. The zero-order valence-corrected chi connectivity index (χ0v) is 14.9. The van der Waals surface area contributed by atoms with E-state index in [-0.39, 0.29) is 11.8 Å². The lowest BCUT2D eigenvalue weighted by Crippen LogP contribution is -2.45. The molecule has 1 aromatic carbocycles. The van der Waals surface area contributed by atoms with Gasteiger partial charge in [-0.25, -0.2) is 0 Å². The maximum absolute atomic E-state index is 12.4. The van der Waals surface area contributed by atoms with Gasteiger partial charge >= 0.3 is 0 Å². The highest BCUT2D eigenvalue weighted by Crippen LogP contribution is 2.28. The quantitative estimate of drug-likeness (QED) is 0.561. The summed E-state index contributed by atoms with van der Waals surface area (Å²) in [5.41, 5.74) is -0.647. The summed E-state index contributed by atoms with van der Waals surface area (Å²) in [6, 6.07) is 4.93. The molecule has 0 aliphatic rings. The van der Waals surface area contributed by atoms with Crippen LogP contribution in [-0.4, -0.2) is 25.5 Å². The van der Waals surface area contributed by atoms with Gasteiger partial charge in [0.2, 0.25) is 11.8 Å². The molecule has 5 nitrogen and oxygen atoms in total. The summed E-state index contributed by atoms with van der Waals surface area (Å²) in [4.78, 5) is 24.6. The second kappa shape index (κ2) is 8.77. The summed E-state index contributed by atoms with van der Waals surface area (Å²) in [6.45, 7) is 5.88. The van der Waals surface area contributed by atoms with Crippen molar-refractivity contribution in [3.8, 4) is 5.75 Å². The molecular formula is C17H25ClN2O3. The Kier molecular flexibility index (Phi) is 7.36. The van der Waals surface area contributed by atoms with Gasteiger partial charge in [-0.2, -0.15) is 0 Å². The number of halogens is 1. The average molecular weight is 341 g/mol. The van der Waals surface area contributed by atoms with Crippen LogP contribution in [0.1, 0.15) is 40.0 Å². The van der Waals surface area contributed by atoms with Crippen molar-refractivity contribution in [2.24, 2.45) is 5.41 Å². The molecule has 0 saturated heterocycles. The Labute approximate surface area is 142 Å². The van der Waals surface area contributed by atoms with Crippen molar-refractivity contribution in [3.05, 3.63) is 23.2 Å². The van der Waals surface area contributed by atoms with Crippen LogP contribution in [0.15, 0.2) is 18.2 Å². The summed E-state index contributed by atoms with van der Waals surface area (Å²) in [5, 5.41) is 5.92. The minimum atomic E-state index is -1.17. The van der Waals surface area contributed by atoms with Gasteiger partial charge in [-0.05, 0) is 38.5 Å². The summed E-state index contributed by atoms with van der Waals surface area (Å²) in [6.07, 6.45) is 3.04. The fourth-order valence-corrected chi connectivity index (χ4v) is 2.19. The van der Waals surface area contributed by atoms with Crippen molar-refractivity contribution in [2.45, 2.75) is 40.0 Å². The highest BCUT2D eigenvalue weighted by Gasteiger charge is 2.35. The minimum absolute atomic E-state index is 0.286. The molecule has 6 heteroatoms. The molecule has 2 N–H and O–H groups in total. The van der Waals surface area contributed by atoms with Crippen LogP contribution in [0.3, 0.4) is 0 Å². The van der Waals surface area contributed by atoms with Crippen LogP contribution in [0, 0.1) is 5.41 Å². The minimum Gasteiger partial charge on any atom is -0.495 e. The molecule has 0 heterocycles. The number of benzene rings is 1. The summed E-state index contributed by atoms with van der Waals surface area (Å²) in [7, 11) is 1.52. The number of nitrogens with one attached hydrogen (secondary N) is 2. The molecule has 23 heavy (non-hydrogen) atoms. The molecule has 0 aromatic heterocycles. The maximum atomic E-state index is 12.4. The van der Waals surface area contributed by atoms with Crippen molar-refractivity contribution >= 4 is 29.1 Å². The first-order valence-corrected chi connectivity index (χ1v) is 8.14. The van der Waals surface area contributed by atoms with Crippen LogP contribution in [-0.2, 0) is 9.59 Å². The molecule has 0 saturated carbocycles. The Bertz CT molecular complexity index is 559. The van der Waals surface area contributed by atoms with Crippen molar-refractivity contribution in [2.75, 3.05) is 19.0 Å². The second-order valence-electron chi connectivity index (χ2n) is 5.89. The molecule has 0 atom stereocenters. The topological polar surface area (TPSA) is 67.4 Å². The molecule has 128 valence electrons. The van der Waals surface area contributed by atoms with Crippen LogP contribution in [0.25, 0.3) is 0 Å². The third kappa shape index (κ3) is 5.43. The first kappa shape index (κ1) is 19.3. The Hall–Kier alpha value is -1.75. The molecule has 0 bridgehead atoms. The number of hydrogen-bond donors (Lipinski definition) is 2. The highest BCUT2D eigenvalue weighted by molar-refractivity contribution is 6.32. The molecule has 1 aromatic rings. The molecule has 0 aliphatic carbocycles. The summed E-state index contributed by atoms with van der Waals surface area (Å²) >= 11 is 6.03. The van der Waals surface area contributed by atoms with Crippen LogP contribution >= 0.6 is 11.6 Å². The average Bonchev–Trinajstić information content (AvgIpc) is 2.51. The monoisotopic (exact) mass is 340 g/mol. The normalized spacial score (nSPS) is 11.0. The Morgan fingerprint density at radius 3 is 2.48 bits per heavy atom. The van der Waals surface area contributed by atoms with Gasteiger partial charge in [0.05, 0.1) is 12.1 Å². The van der Waals surface area contributed by atoms with E-state index in [2.05, 4.69) is 17.6 Å². The van der Waals surface area contributed by atoms with Gasteiger partial charge < -0.3 is 15.4 Å². The van der Waals surface area contributed by atoms with E-state index >= 15 is 0 Å². The van der Waals surface area contributed by atoms with E-state index in [0.29, 0.717) is 23.0 Å². The van der Waals surface area contributed by atoms with Gasteiger partial charge in [0, 0.05) is 12.2 Å². The third-order valence-electron chi connectivity index (χ3n) is 3.61. The molecule has 0 radical (unpaired) electrons. The number of rotatable bonds is 8. The predicted molar refractivity (Wildman–Crippen MR) is 92.9 cm³/mol. The van der Waals surface area contributed by atoms with E-state index in [4.69, 9.17) is 16.3 Å². The lowest BCUT2D eigenvalue weighted by molar-refractivity contribution is -0.138. The number of carbonyl (C=O) groups excluding carboxylic acids is 2. The van der Waals surface area contributed by atoms with Gasteiger partial charge in [0.15, 0.2) is 0 Å². The lowest BCUT2D eigenvalue weighted by atomic mass is 9.91. The lowest BCUT2D eigenvalue weighted by Gasteiger charge is -2.23. The second-order valence-corrected chi connectivity index (χ2v) is 6.30. The van der Waals surface area contributed by atoms with Gasteiger partial charge in [-0.3, -0.25) is 9.59 Å². The highest BCUT2D eigenvalue weighted by atomic mass is 35.5. The molecule has 1 rings (SSSR count). The van der Waals surface area contributed by atoms with Crippen molar-refractivity contribution < 1.29 is 14.3 Å². The van der Waals surface area contributed by atoms with E-state index in [0.717, 1.165) is 19.3 Å². The molecule has 0 aliphatic heterocycles. The van der Waals surface area contributed by atoms with Crippen LogP contribution < -0.4 is 15.4 Å². The standard InChI is InChI=1S/C17H25ClN2O3/c1-5-6-7-10-19-15(21)17(2,3)16(22)20-12-8-9-14(23-4)13(18)11-12/h8-9,11H,5-7,10H2,1-4H3,(H,19,21)(H,20,22). The van der Waals surface area contributed by atoms with Crippen LogP contribution in [0.5, 0.6) is 5.75 Å². The largest absolute Gasteiger partial charge is 0.495 e. The molecule has 0 spiro atoms. The Morgan fingerprint density at radius 1 is 1.22 bits per heavy atom. The van der Waals surface area contributed by atoms with Crippen molar-refractivity contribution in [3.63, 3.8) is 0 Å². The molecule has 0 fully saturated rings. The zero-order valence-electron chi connectivity index (χ0n) is 14.2. The SMILES string of the molecule is CCCCCNC(=O)C(C)(C)C(=O)Nc1ccc(OC)c(Cl)c1. The maximum Gasteiger partial charge on any atom is 0.239 e. The molecule has 2 amide bonds. The number of anilines is 1. The van der Waals surface area contributed by atoms with E-state index in [1.165, 1.54) is 7.11 Å². The van der Waals surface area contributed by atoms with Crippen molar-refractivity contribution in [1.82, 2.24) is 5.32 Å². The van der Waals surface area contributed by atoms with Crippen molar-refractivity contribution in [1.29, 1.82) is 0 Å². The fourth-order valence-electron chi connectivity index (χ4n) is 1.93. The predicted octanol–water partition coefficient (Wildman–Crippen LogP) is 3.62. The van der Waals surface area contributed by atoms with E-state index in [1.54, 1.807) is 32.0 Å². The van der Waals surface area contributed by atoms with E-state index < -0.39 is 5.41 Å². The number of hydrogen-bond acceptors (Lipinski definition) is 3. The van der Waals surface area contributed by atoms with E-state index in [1.807, 2.05) is 0 Å². The first-order chi connectivity index (χ1) is 10.8. The van der Waals surface area contributed by atoms with E-state index in [9.17, 15) is 9.59 Å². The Morgan fingerprint density at radius 2 is 1.91 bits per heavy atom.